The fourth-order valence-electron chi connectivity index (χ4n) is 1.02. The molecule has 0 bridgehead atoms. The number of halogens is 1. The van der Waals surface area contributed by atoms with Crippen molar-refractivity contribution in [3.63, 3.8) is 0 Å². The topological polar surface area (TPSA) is 35.0 Å². The molecule has 1 aromatic rings. The number of hydrogen-bond acceptors (Lipinski definition) is 3. The lowest BCUT2D eigenvalue weighted by Crippen LogP contribution is -2.16. The first kappa shape index (κ1) is 12.8. The van der Waals surface area contributed by atoms with Crippen LogP contribution >= 0.6 is 11.6 Å². The van der Waals surface area contributed by atoms with Gasteiger partial charge in [0.2, 0.25) is 5.88 Å². The Hall–Kier alpha value is -1.27. The number of hydrogen-bond donors (Lipinski definition) is 0. The number of rotatable bonds is 3. The fraction of sp³-hybridized carbons (Fsp3) is 0.500. The second kappa shape index (κ2) is 5.18. The summed E-state index contributed by atoms with van der Waals surface area (Å²) in [5.74, 6) is 3.63. The van der Waals surface area contributed by atoms with Crippen molar-refractivity contribution in [3.05, 3.63) is 17.0 Å². The molecule has 0 spiro atoms. The average molecular weight is 239 g/mol. The molecule has 0 aliphatic rings. The minimum absolute atomic E-state index is 0.158. The van der Waals surface area contributed by atoms with Gasteiger partial charge in [-0.1, -0.05) is 32.4 Å². The van der Waals surface area contributed by atoms with Crippen LogP contribution in [0.3, 0.4) is 0 Å². The summed E-state index contributed by atoms with van der Waals surface area (Å²) in [6.07, 6.45) is 5.68. The molecule has 86 valence electrons. The normalized spacial score (nSPS) is 10.9. The number of ether oxygens (including phenoxy) is 1. The molecule has 0 atom stereocenters. The second-order valence-electron chi connectivity index (χ2n) is 4.41. The van der Waals surface area contributed by atoms with Gasteiger partial charge in [0.15, 0.2) is 0 Å². The van der Waals surface area contributed by atoms with E-state index in [1.165, 1.54) is 0 Å². The highest BCUT2D eigenvalue weighted by molar-refractivity contribution is 6.29. The predicted molar refractivity (Wildman–Crippen MR) is 64.7 cm³/mol. The largest absolute Gasteiger partial charge is 0.477 e. The van der Waals surface area contributed by atoms with Crippen molar-refractivity contribution in [2.75, 3.05) is 6.61 Å². The van der Waals surface area contributed by atoms with Crippen LogP contribution < -0.4 is 4.74 Å². The van der Waals surface area contributed by atoms with Crippen LogP contribution in [0.1, 0.15) is 33.0 Å². The van der Waals surface area contributed by atoms with Crippen molar-refractivity contribution < 1.29 is 4.74 Å². The van der Waals surface area contributed by atoms with Crippen molar-refractivity contribution in [3.8, 4) is 18.2 Å². The molecule has 1 heterocycles. The maximum Gasteiger partial charge on any atom is 0.218 e. The van der Waals surface area contributed by atoms with Crippen LogP contribution in [0.15, 0.2) is 6.07 Å². The highest BCUT2D eigenvalue weighted by Gasteiger charge is 2.19. The van der Waals surface area contributed by atoms with Crippen molar-refractivity contribution >= 4 is 11.6 Å². The van der Waals surface area contributed by atoms with Gasteiger partial charge >= 0.3 is 0 Å². The van der Waals surface area contributed by atoms with E-state index in [4.69, 9.17) is 22.8 Å². The highest BCUT2D eigenvalue weighted by atomic mass is 35.5. The first-order valence-corrected chi connectivity index (χ1v) is 5.42. The second-order valence-corrected chi connectivity index (χ2v) is 4.79. The van der Waals surface area contributed by atoms with Crippen molar-refractivity contribution in [2.45, 2.75) is 32.6 Å². The van der Waals surface area contributed by atoms with Crippen LogP contribution in [0.2, 0.25) is 5.15 Å². The van der Waals surface area contributed by atoms with Crippen LogP contribution in [0.4, 0.5) is 0 Å². The van der Waals surface area contributed by atoms with Gasteiger partial charge in [0, 0.05) is 17.9 Å². The molecule has 1 rings (SSSR count). The number of nitrogens with zero attached hydrogens (tertiary/aromatic N) is 2. The van der Waals surface area contributed by atoms with E-state index in [0.29, 0.717) is 29.9 Å². The van der Waals surface area contributed by atoms with E-state index in [0.717, 1.165) is 0 Å². The highest BCUT2D eigenvalue weighted by Crippen LogP contribution is 2.23. The van der Waals surface area contributed by atoms with Gasteiger partial charge in [-0.15, -0.1) is 12.3 Å². The number of aromatic nitrogens is 2. The molecular weight excluding hydrogens is 224 g/mol. The molecule has 0 aliphatic heterocycles. The van der Waals surface area contributed by atoms with Crippen molar-refractivity contribution in [1.82, 2.24) is 9.97 Å². The Morgan fingerprint density at radius 3 is 2.69 bits per heavy atom. The standard InChI is InChI=1S/C12H15ClN2O/c1-5-6-7-16-10-8-9(13)14-11(15-10)12(2,3)4/h1,8H,6-7H2,2-4H3. The molecule has 0 radical (unpaired) electrons. The van der Waals surface area contributed by atoms with Crippen LogP contribution in [-0.4, -0.2) is 16.6 Å². The summed E-state index contributed by atoms with van der Waals surface area (Å²) in [6, 6.07) is 1.59. The Morgan fingerprint density at radius 1 is 1.44 bits per heavy atom. The zero-order valence-electron chi connectivity index (χ0n) is 9.75. The lowest BCUT2D eigenvalue weighted by Gasteiger charge is -2.17. The molecule has 0 aromatic carbocycles. The molecule has 0 amide bonds. The van der Waals surface area contributed by atoms with Gasteiger partial charge in [-0.2, -0.15) is 4.98 Å². The molecule has 0 saturated carbocycles. The third-order valence-electron chi connectivity index (χ3n) is 1.84. The zero-order chi connectivity index (χ0) is 12.2. The Labute approximate surface area is 101 Å². The van der Waals surface area contributed by atoms with Crippen LogP contribution in [-0.2, 0) is 5.41 Å². The Morgan fingerprint density at radius 2 is 2.12 bits per heavy atom. The fourth-order valence-corrected chi connectivity index (χ4v) is 1.19. The van der Waals surface area contributed by atoms with Crippen LogP contribution in [0, 0.1) is 12.3 Å². The van der Waals surface area contributed by atoms with Gasteiger partial charge in [0.05, 0.1) is 0 Å². The number of terminal acetylenes is 1. The smallest absolute Gasteiger partial charge is 0.218 e. The van der Waals surface area contributed by atoms with Gasteiger partial charge in [-0.05, 0) is 0 Å². The Bertz CT molecular complexity index is 404. The third kappa shape index (κ3) is 3.71. The summed E-state index contributed by atoms with van der Waals surface area (Å²) in [4.78, 5) is 8.46. The Kier molecular flexibility index (Phi) is 4.14. The van der Waals surface area contributed by atoms with Crippen molar-refractivity contribution in [1.29, 1.82) is 0 Å². The van der Waals surface area contributed by atoms with Gasteiger partial charge in [0.1, 0.15) is 17.6 Å². The predicted octanol–water partition coefficient (Wildman–Crippen LogP) is 2.83. The molecular formula is C12H15ClN2O. The molecule has 4 heteroatoms. The minimum atomic E-state index is -0.158. The maximum absolute atomic E-state index is 5.90. The Balaban J connectivity index is 2.87. The molecule has 0 saturated heterocycles. The molecule has 16 heavy (non-hydrogen) atoms. The van der Waals surface area contributed by atoms with E-state index in [1.807, 2.05) is 20.8 Å². The summed E-state index contributed by atoms with van der Waals surface area (Å²) in [5.41, 5.74) is -0.158. The van der Waals surface area contributed by atoms with Crippen LogP contribution in [0.25, 0.3) is 0 Å². The van der Waals surface area contributed by atoms with Gasteiger partial charge in [-0.3, -0.25) is 0 Å². The van der Waals surface area contributed by atoms with Gasteiger partial charge in [0.25, 0.3) is 0 Å². The monoisotopic (exact) mass is 238 g/mol. The average Bonchev–Trinajstić information content (AvgIpc) is 2.16. The van der Waals surface area contributed by atoms with E-state index in [9.17, 15) is 0 Å². The third-order valence-corrected chi connectivity index (χ3v) is 2.03. The van der Waals surface area contributed by atoms with Gasteiger partial charge < -0.3 is 4.74 Å². The first-order chi connectivity index (χ1) is 7.43. The van der Waals surface area contributed by atoms with Crippen LogP contribution in [0.5, 0.6) is 5.88 Å². The zero-order valence-corrected chi connectivity index (χ0v) is 10.5. The molecule has 1 aromatic heterocycles. The van der Waals surface area contributed by atoms with E-state index in [1.54, 1.807) is 6.07 Å². The quantitative estimate of drug-likeness (QED) is 0.462. The lowest BCUT2D eigenvalue weighted by atomic mass is 9.96. The molecule has 0 unspecified atom stereocenters. The minimum Gasteiger partial charge on any atom is -0.477 e. The SMILES string of the molecule is C#CCCOc1cc(Cl)nc(C(C)(C)C)n1. The molecule has 0 N–H and O–H groups in total. The van der Waals surface area contributed by atoms with E-state index < -0.39 is 0 Å². The summed E-state index contributed by atoms with van der Waals surface area (Å²) in [7, 11) is 0. The van der Waals surface area contributed by atoms with Gasteiger partial charge in [-0.25, -0.2) is 4.98 Å². The first-order valence-electron chi connectivity index (χ1n) is 5.05. The molecule has 3 nitrogen and oxygen atoms in total. The lowest BCUT2D eigenvalue weighted by molar-refractivity contribution is 0.310. The molecule has 0 fully saturated rings. The van der Waals surface area contributed by atoms with E-state index >= 15 is 0 Å². The summed E-state index contributed by atoms with van der Waals surface area (Å²) in [6.45, 7) is 6.49. The summed E-state index contributed by atoms with van der Waals surface area (Å²) < 4.78 is 5.38. The van der Waals surface area contributed by atoms with E-state index in [-0.39, 0.29) is 5.41 Å². The summed E-state index contributed by atoms with van der Waals surface area (Å²) >= 11 is 5.90. The summed E-state index contributed by atoms with van der Waals surface area (Å²) in [5, 5.41) is 0.385. The van der Waals surface area contributed by atoms with Crippen molar-refractivity contribution in [2.24, 2.45) is 0 Å². The maximum atomic E-state index is 5.90. The molecule has 0 aliphatic carbocycles. The van der Waals surface area contributed by atoms with E-state index in [2.05, 4.69) is 15.9 Å².